The highest BCUT2D eigenvalue weighted by Crippen LogP contribution is 2.31. The first-order valence-corrected chi connectivity index (χ1v) is 8.95. The van der Waals surface area contributed by atoms with Crippen LogP contribution >= 0.6 is 11.3 Å². The summed E-state index contributed by atoms with van der Waals surface area (Å²) in [4.78, 5) is 16.7. The number of benzene rings is 2. The van der Waals surface area contributed by atoms with Gasteiger partial charge in [-0.2, -0.15) is 0 Å². The van der Waals surface area contributed by atoms with Gasteiger partial charge in [0.2, 0.25) is 0 Å². The minimum atomic E-state index is -4.77. The van der Waals surface area contributed by atoms with Crippen molar-refractivity contribution in [2.24, 2.45) is 0 Å². The maximum absolute atomic E-state index is 12.5. The van der Waals surface area contributed by atoms with Crippen LogP contribution in [-0.4, -0.2) is 32.2 Å². The number of hydrogen-bond acceptors (Lipinski definition) is 6. The van der Waals surface area contributed by atoms with Crippen LogP contribution in [0.5, 0.6) is 5.75 Å². The van der Waals surface area contributed by atoms with Gasteiger partial charge in [-0.25, -0.2) is 9.67 Å². The van der Waals surface area contributed by atoms with Crippen LogP contribution in [0, 0.1) is 0 Å². The summed E-state index contributed by atoms with van der Waals surface area (Å²) in [6.07, 6.45) is -4.77. The number of ether oxygens (including phenoxy) is 1. The van der Waals surface area contributed by atoms with E-state index in [0.717, 1.165) is 16.9 Å². The Morgan fingerprint density at radius 2 is 2.04 bits per heavy atom. The lowest BCUT2D eigenvalue weighted by Gasteiger charge is -2.07. The zero-order valence-electron chi connectivity index (χ0n) is 14.3. The molecular formula is C17H12F3N5O2S. The molecule has 0 unspecified atom stereocenters. The first-order valence-electron chi connectivity index (χ1n) is 8.13. The lowest BCUT2D eigenvalue weighted by atomic mass is 10.2. The molecule has 2 aromatic carbocycles. The van der Waals surface area contributed by atoms with Crippen molar-refractivity contribution in [3.63, 3.8) is 0 Å². The number of carbonyl (C=O) groups is 1. The van der Waals surface area contributed by atoms with Crippen molar-refractivity contribution in [2.45, 2.75) is 19.8 Å². The number of aromatic nitrogens is 4. The van der Waals surface area contributed by atoms with Gasteiger partial charge in [-0.15, -0.1) is 18.3 Å². The highest BCUT2D eigenvalue weighted by molar-refractivity contribution is 7.22. The third-order valence-corrected chi connectivity index (χ3v) is 4.82. The third kappa shape index (κ3) is 3.60. The number of fused-ring (bicyclic) bond motifs is 2. The highest BCUT2D eigenvalue weighted by atomic mass is 32.1. The molecule has 0 aliphatic rings. The van der Waals surface area contributed by atoms with Crippen LogP contribution in [0.25, 0.3) is 21.3 Å². The van der Waals surface area contributed by atoms with E-state index < -0.39 is 12.3 Å². The van der Waals surface area contributed by atoms with E-state index in [0.29, 0.717) is 27.8 Å². The zero-order valence-corrected chi connectivity index (χ0v) is 15.1. The molecule has 4 aromatic rings. The number of alkyl halides is 3. The Morgan fingerprint density at radius 3 is 2.79 bits per heavy atom. The van der Waals surface area contributed by atoms with Crippen LogP contribution in [0.15, 0.2) is 36.4 Å². The molecule has 0 radical (unpaired) electrons. The summed E-state index contributed by atoms with van der Waals surface area (Å²) >= 11 is 1.05. The van der Waals surface area contributed by atoms with E-state index in [1.54, 1.807) is 22.9 Å². The normalized spacial score (nSPS) is 11.9. The number of nitrogens with one attached hydrogen (secondary N) is 1. The largest absolute Gasteiger partial charge is 0.573 e. The fourth-order valence-electron chi connectivity index (χ4n) is 2.67. The van der Waals surface area contributed by atoms with E-state index in [4.69, 9.17) is 0 Å². The number of carbonyl (C=O) groups excluding carboxylic acids is 1. The number of amides is 1. The van der Waals surface area contributed by atoms with Gasteiger partial charge in [-0.3, -0.25) is 10.1 Å². The van der Waals surface area contributed by atoms with Crippen LogP contribution in [0.2, 0.25) is 0 Å². The van der Waals surface area contributed by atoms with E-state index in [1.165, 1.54) is 18.2 Å². The van der Waals surface area contributed by atoms with Gasteiger partial charge in [-0.1, -0.05) is 16.6 Å². The van der Waals surface area contributed by atoms with Crippen LogP contribution in [0.4, 0.5) is 18.3 Å². The number of anilines is 1. The molecule has 144 valence electrons. The highest BCUT2D eigenvalue weighted by Gasteiger charge is 2.31. The number of thiazole rings is 1. The molecule has 1 amide bonds. The van der Waals surface area contributed by atoms with Crippen molar-refractivity contribution in [2.75, 3.05) is 5.32 Å². The van der Waals surface area contributed by atoms with Gasteiger partial charge >= 0.3 is 6.36 Å². The molecule has 2 heterocycles. The van der Waals surface area contributed by atoms with E-state index in [-0.39, 0.29) is 10.9 Å². The van der Waals surface area contributed by atoms with Crippen molar-refractivity contribution in [1.29, 1.82) is 0 Å². The Morgan fingerprint density at radius 1 is 1.21 bits per heavy atom. The lowest BCUT2D eigenvalue weighted by molar-refractivity contribution is -0.274. The van der Waals surface area contributed by atoms with Gasteiger partial charge in [0.05, 0.1) is 15.7 Å². The van der Waals surface area contributed by atoms with Crippen molar-refractivity contribution in [3.8, 4) is 5.75 Å². The van der Waals surface area contributed by atoms with Crippen LogP contribution in [0.3, 0.4) is 0 Å². The van der Waals surface area contributed by atoms with Crippen LogP contribution < -0.4 is 10.1 Å². The van der Waals surface area contributed by atoms with Crippen molar-refractivity contribution in [1.82, 2.24) is 20.0 Å². The Balaban J connectivity index is 1.56. The Hall–Kier alpha value is -3.21. The molecule has 0 atom stereocenters. The predicted molar refractivity (Wildman–Crippen MR) is 97.5 cm³/mol. The standard InChI is InChI=1S/C17H12F3N5O2S/c1-2-25-13-6-3-9(7-12(13)23-24-25)15(26)22-16-21-11-5-4-10(8-14(11)28-16)27-17(18,19)20/h3-8H,2H2,1H3,(H,21,22,26). The fourth-order valence-corrected chi connectivity index (χ4v) is 3.56. The third-order valence-electron chi connectivity index (χ3n) is 3.89. The SMILES string of the molecule is CCn1nnc2cc(C(=O)Nc3nc4ccc(OC(F)(F)F)cc4s3)ccc21. The van der Waals surface area contributed by atoms with E-state index in [9.17, 15) is 18.0 Å². The zero-order chi connectivity index (χ0) is 19.9. The van der Waals surface area contributed by atoms with Gasteiger partial charge in [0.15, 0.2) is 5.13 Å². The average Bonchev–Trinajstić information content (AvgIpc) is 3.22. The second-order valence-electron chi connectivity index (χ2n) is 5.76. The molecule has 0 fully saturated rings. The smallest absolute Gasteiger partial charge is 0.406 e. The van der Waals surface area contributed by atoms with Gasteiger partial charge in [-0.05, 0) is 37.3 Å². The maximum Gasteiger partial charge on any atom is 0.573 e. The van der Waals surface area contributed by atoms with Gasteiger partial charge in [0.25, 0.3) is 5.91 Å². The molecule has 1 N–H and O–H groups in total. The molecule has 2 aromatic heterocycles. The molecule has 4 rings (SSSR count). The summed E-state index contributed by atoms with van der Waals surface area (Å²) in [7, 11) is 0. The summed E-state index contributed by atoms with van der Waals surface area (Å²) in [5, 5.41) is 10.9. The first kappa shape index (κ1) is 18.2. The summed E-state index contributed by atoms with van der Waals surface area (Å²) in [5.41, 5.74) is 2.23. The minimum Gasteiger partial charge on any atom is -0.406 e. The number of aryl methyl sites for hydroxylation is 1. The second-order valence-corrected chi connectivity index (χ2v) is 6.79. The summed E-state index contributed by atoms with van der Waals surface area (Å²) in [6.45, 7) is 2.60. The van der Waals surface area contributed by atoms with Crippen molar-refractivity contribution >= 4 is 43.6 Å². The molecule has 0 saturated carbocycles. The minimum absolute atomic E-state index is 0.265. The van der Waals surface area contributed by atoms with Gasteiger partial charge in [0, 0.05) is 18.2 Å². The summed E-state index contributed by atoms with van der Waals surface area (Å²) < 4.78 is 43.1. The van der Waals surface area contributed by atoms with Gasteiger partial charge in [0.1, 0.15) is 11.3 Å². The molecule has 7 nitrogen and oxygen atoms in total. The van der Waals surface area contributed by atoms with Gasteiger partial charge < -0.3 is 4.74 Å². The van der Waals surface area contributed by atoms with Crippen LogP contribution in [-0.2, 0) is 6.54 Å². The number of nitrogens with zero attached hydrogens (tertiary/aromatic N) is 4. The van der Waals surface area contributed by atoms with Crippen LogP contribution in [0.1, 0.15) is 17.3 Å². The Bertz CT molecular complexity index is 1180. The number of halogens is 3. The molecule has 28 heavy (non-hydrogen) atoms. The Labute approximate surface area is 159 Å². The lowest BCUT2D eigenvalue weighted by Crippen LogP contribution is -2.16. The van der Waals surface area contributed by atoms with E-state index in [1.807, 2.05) is 6.92 Å². The number of hydrogen-bond donors (Lipinski definition) is 1. The molecular weight excluding hydrogens is 395 g/mol. The molecule has 0 bridgehead atoms. The predicted octanol–water partition coefficient (Wildman–Crippen LogP) is 4.21. The van der Waals surface area contributed by atoms with Crippen molar-refractivity contribution in [3.05, 3.63) is 42.0 Å². The summed E-state index contributed by atoms with van der Waals surface area (Å²) in [6, 6.07) is 8.82. The van der Waals surface area contributed by atoms with E-state index >= 15 is 0 Å². The Kier molecular flexibility index (Phi) is 4.38. The molecule has 0 saturated heterocycles. The topological polar surface area (TPSA) is 81.9 Å². The fraction of sp³-hybridized carbons (Fsp3) is 0.176. The molecule has 0 aliphatic heterocycles. The summed E-state index contributed by atoms with van der Waals surface area (Å²) in [5.74, 6) is -0.746. The monoisotopic (exact) mass is 407 g/mol. The second kappa shape index (κ2) is 6.75. The average molecular weight is 407 g/mol. The quantitative estimate of drug-likeness (QED) is 0.548. The number of rotatable bonds is 4. The molecule has 11 heteroatoms. The van der Waals surface area contributed by atoms with E-state index in [2.05, 4.69) is 25.3 Å². The van der Waals surface area contributed by atoms with Crippen molar-refractivity contribution < 1.29 is 22.7 Å². The maximum atomic E-state index is 12.5. The molecule has 0 spiro atoms. The molecule has 0 aliphatic carbocycles. The first-order chi connectivity index (χ1) is 13.3.